The van der Waals surface area contributed by atoms with Gasteiger partial charge in [-0.2, -0.15) is 0 Å². The van der Waals surface area contributed by atoms with Gasteiger partial charge >= 0.3 is 0 Å². The van der Waals surface area contributed by atoms with Crippen LogP contribution in [-0.2, 0) is 14.3 Å². The molecule has 5 aliphatic rings. The molecule has 1 saturated heterocycles. The number of carbonyl (C=O) groups excluding carboxylic acids is 1. The molecular weight excluding hydrogens is 492 g/mol. The molecule has 0 amide bonds. The van der Waals surface area contributed by atoms with E-state index in [2.05, 4.69) is 34.6 Å². The molecule has 222 valence electrons. The van der Waals surface area contributed by atoms with Crippen LogP contribution in [0.1, 0.15) is 106 Å². The van der Waals surface area contributed by atoms with E-state index >= 15 is 0 Å². The van der Waals surface area contributed by atoms with Crippen molar-refractivity contribution in [2.45, 2.75) is 135 Å². The van der Waals surface area contributed by atoms with Gasteiger partial charge in [0, 0.05) is 24.5 Å². The van der Waals surface area contributed by atoms with E-state index in [-0.39, 0.29) is 41.0 Å². The van der Waals surface area contributed by atoms with Crippen molar-refractivity contribution in [3.8, 4) is 0 Å². The van der Waals surface area contributed by atoms with Crippen molar-refractivity contribution in [2.75, 3.05) is 13.2 Å². The zero-order valence-electron chi connectivity index (χ0n) is 25.2. The molecule has 0 aromatic carbocycles. The number of aliphatic hydroxyl groups is 3. The van der Waals surface area contributed by atoms with Crippen LogP contribution in [0.5, 0.6) is 0 Å². The van der Waals surface area contributed by atoms with Crippen molar-refractivity contribution in [2.24, 2.45) is 40.4 Å². The Kier molecular flexibility index (Phi) is 7.98. The van der Waals surface area contributed by atoms with Gasteiger partial charge in [0.2, 0.25) is 0 Å². The minimum absolute atomic E-state index is 0.0609. The first kappa shape index (κ1) is 29.7. The Morgan fingerprint density at radius 2 is 1.87 bits per heavy atom. The highest BCUT2D eigenvalue weighted by atomic mass is 16.5. The Morgan fingerprint density at radius 3 is 2.54 bits per heavy atom. The number of fused-ring (bicyclic) bond motifs is 5. The summed E-state index contributed by atoms with van der Waals surface area (Å²) in [6.07, 6.45) is 9.37. The standard InChI is InChI=1S/C33H54O6/c1-7-8-9-16-38-22-10-13-30(4)23-11-14-31(5)27(32(6,36)29(35)28-21(3)20(2)19-39-28)12-15-33(31,37)24(23)18-26(34)25(30)17-22/h18,20-23,25,27-29,35-37H,7-17,19H2,1-6H3/t20-,21+,22-,23-,25-,27-,28-,29+,30+,31+,32-,33+/m0/s1. The smallest absolute Gasteiger partial charge is 0.159 e. The number of hydrogen-bond acceptors (Lipinski definition) is 6. The quantitative estimate of drug-likeness (QED) is 0.362. The summed E-state index contributed by atoms with van der Waals surface area (Å²) >= 11 is 0. The fraction of sp³-hybridized carbons (Fsp3) is 0.909. The van der Waals surface area contributed by atoms with Crippen LogP contribution in [0.15, 0.2) is 11.6 Å². The second-order valence-corrected chi connectivity index (χ2v) is 14.8. The molecule has 0 bridgehead atoms. The molecule has 1 heterocycles. The van der Waals surface area contributed by atoms with Gasteiger partial charge in [-0.3, -0.25) is 4.79 Å². The largest absolute Gasteiger partial charge is 0.387 e. The zero-order valence-corrected chi connectivity index (χ0v) is 25.2. The van der Waals surface area contributed by atoms with Crippen LogP contribution in [0.3, 0.4) is 0 Å². The lowest BCUT2D eigenvalue weighted by Crippen LogP contribution is -2.63. The summed E-state index contributed by atoms with van der Waals surface area (Å²) in [5.74, 6) is 0.417. The minimum atomic E-state index is -1.41. The summed E-state index contributed by atoms with van der Waals surface area (Å²) in [5.41, 5.74) is -2.47. The molecular formula is C33H54O6. The Balaban J connectivity index is 1.38. The van der Waals surface area contributed by atoms with Crippen LogP contribution < -0.4 is 0 Å². The van der Waals surface area contributed by atoms with Crippen molar-refractivity contribution >= 4 is 5.78 Å². The van der Waals surface area contributed by atoms with Gasteiger partial charge in [0.15, 0.2) is 5.78 Å². The summed E-state index contributed by atoms with van der Waals surface area (Å²) in [6.45, 7) is 13.9. The third-order valence-corrected chi connectivity index (χ3v) is 12.7. The molecule has 4 aliphatic carbocycles. The summed E-state index contributed by atoms with van der Waals surface area (Å²) in [5, 5.41) is 35.9. The lowest BCUT2D eigenvalue weighted by atomic mass is 9.46. The summed E-state index contributed by atoms with van der Waals surface area (Å²) in [6, 6.07) is 0. The number of unbranched alkanes of at least 4 members (excludes halogenated alkanes) is 2. The number of rotatable bonds is 8. The highest BCUT2D eigenvalue weighted by molar-refractivity contribution is 5.95. The molecule has 0 unspecified atom stereocenters. The Morgan fingerprint density at radius 1 is 1.13 bits per heavy atom. The molecule has 3 N–H and O–H groups in total. The average molecular weight is 547 g/mol. The van der Waals surface area contributed by atoms with E-state index in [0.29, 0.717) is 25.4 Å². The number of hydrogen-bond donors (Lipinski definition) is 3. The van der Waals surface area contributed by atoms with Gasteiger partial charge in [-0.15, -0.1) is 0 Å². The normalized spacial score (nSPS) is 48.1. The number of carbonyl (C=O) groups is 1. The lowest BCUT2D eigenvalue weighted by molar-refractivity contribution is -0.193. The van der Waals surface area contributed by atoms with Crippen molar-refractivity contribution in [3.63, 3.8) is 0 Å². The van der Waals surface area contributed by atoms with Crippen LogP contribution >= 0.6 is 0 Å². The maximum Gasteiger partial charge on any atom is 0.159 e. The third-order valence-electron chi connectivity index (χ3n) is 12.7. The second kappa shape index (κ2) is 10.5. The molecule has 6 nitrogen and oxygen atoms in total. The zero-order chi connectivity index (χ0) is 28.4. The first-order valence-corrected chi connectivity index (χ1v) is 15.9. The monoisotopic (exact) mass is 546 g/mol. The van der Waals surface area contributed by atoms with Crippen molar-refractivity contribution in [1.82, 2.24) is 0 Å². The van der Waals surface area contributed by atoms with E-state index in [9.17, 15) is 20.1 Å². The van der Waals surface area contributed by atoms with Gasteiger partial charge in [0.1, 0.15) is 6.10 Å². The summed E-state index contributed by atoms with van der Waals surface area (Å²) < 4.78 is 12.2. The Hall–Kier alpha value is -0.790. The van der Waals surface area contributed by atoms with E-state index in [4.69, 9.17) is 9.47 Å². The highest BCUT2D eigenvalue weighted by Gasteiger charge is 2.69. The molecule has 5 rings (SSSR count). The van der Waals surface area contributed by atoms with E-state index in [1.165, 1.54) is 12.8 Å². The van der Waals surface area contributed by atoms with Crippen LogP contribution in [0.2, 0.25) is 0 Å². The van der Waals surface area contributed by atoms with Gasteiger partial charge in [-0.1, -0.05) is 47.5 Å². The van der Waals surface area contributed by atoms with Gasteiger partial charge in [-0.25, -0.2) is 0 Å². The molecule has 0 aromatic heterocycles. The molecule has 0 spiro atoms. The molecule has 6 heteroatoms. The number of ketones is 1. The van der Waals surface area contributed by atoms with E-state index in [1.54, 1.807) is 13.0 Å². The van der Waals surface area contributed by atoms with Gasteiger partial charge in [0.05, 0.1) is 23.4 Å². The molecule has 0 radical (unpaired) electrons. The molecule has 1 aliphatic heterocycles. The van der Waals surface area contributed by atoms with Gasteiger partial charge < -0.3 is 24.8 Å². The third kappa shape index (κ3) is 4.50. The van der Waals surface area contributed by atoms with Gasteiger partial charge in [-0.05, 0) is 99.0 Å². The van der Waals surface area contributed by atoms with Gasteiger partial charge in [0.25, 0.3) is 0 Å². The molecule has 39 heavy (non-hydrogen) atoms. The van der Waals surface area contributed by atoms with Crippen molar-refractivity contribution < 1.29 is 29.6 Å². The fourth-order valence-electron chi connectivity index (χ4n) is 9.80. The maximum absolute atomic E-state index is 13.7. The minimum Gasteiger partial charge on any atom is -0.387 e. The number of ether oxygens (including phenoxy) is 2. The Labute approximate surface area is 235 Å². The second-order valence-electron chi connectivity index (χ2n) is 14.8. The summed E-state index contributed by atoms with van der Waals surface area (Å²) in [4.78, 5) is 13.7. The van der Waals surface area contributed by atoms with E-state index in [1.807, 2.05) is 0 Å². The van der Waals surface area contributed by atoms with Crippen molar-refractivity contribution in [3.05, 3.63) is 11.6 Å². The fourth-order valence-corrected chi connectivity index (χ4v) is 9.80. The number of allylic oxidation sites excluding steroid dienone is 1. The van der Waals surface area contributed by atoms with Crippen LogP contribution in [0.4, 0.5) is 0 Å². The predicted octanol–water partition coefficient (Wildman–Crippen LogP) is 5.22. The van der Waals surface area contributed by atoms with Crippen molar-refractivity contribution in [1.29, 1.82) is 0 Å². The Bertz CT molecular complexity index is 960. The van der Waals surface area contributed by atoms with Crippen LogP contribution in [-0.4, -0.2) is 63.8 Å². The molecule has 3 saturated carbocycles. The SMILES string of the molecule is CCCCCO[C@H]1CC[C@@]2(C)[C@@H](C1)C(=O)C=C1[C@@H]2CC[C@]2(C)[C@@H]([C@](C)(O)[C@H](O)[C@H]3OC[C@H](C)[C@H]3C)CC[C@@]12O. The predicted molar refractivity (Wildman–Crippen MR) is 151 cm³/mol. The van der Waals surface area contributed by atoms with E-state index < -0.39 is 28.8 Å². The molecule has 4 fully saturated rings. The van der Waals surface area contributed by atoms with Crippen LogP contribution in [0.25, 0.3) is 0 Å². The van der Waals surface area contributed by atoms with Crippen LogP contribution in [0, 0.1) is 40.4 Å². The molecule has 0 aromatic rings. The number of aliphatic hydroxyl groups excluding tert-OH is 1. The van der Waals surface area contributed by atoms with E-state index in [0.717, 1.165) is 50.7 Å². The first-order chi connectivity index (χ1) is 18.3. The first-order valence-electron chi connectivity index (χ1n) is 15.9. The maximum atomic E-state index is 13.7. The topological polar surface area (TPSA) is 96.2 Å². The average Bonchev–Trinajstić information content (AvgIpc) is 3.37. The highest BCUT2D eigenvalue weighted by Crippen LogP contribution is 2.68. The lowest BCUT2D eigenvalue weighted by Gasteiger charge is -2.60. The summed E-state index contributed by atoms with van der Waals surface area (Å²) in [7, 11) is 0. The molecule has 12 atom stereocenters.